The Bertz CT molecular complexity index is 517. The van der Waals surface area contributed by atoms with E-state index in [2.05, 4.69) is 21.2 Å². The smallest absolute Gasteiger partial charge is 0.153 e. The lowest BCUT2D eigenvalue weighted by Gasteiger charge is -2.05. The van der Waals surface area contributed by atoms with Crippen LogP contribution >= 0.6 is 0 Å². The van der Waals surface area contributed by atoms with Crippen LogP contribution in [0.5, 0.6) is 5.75 Å². The number of nitrogens with one attached hydrogen (secondary N) is 1. The minimum Gasteiger partial charge on any atom is -0.496 e. The summed E-state index contributed by atoms with van der Waals surface area (Å²) in [6.45, 7) is 0. The summed E-state index contributed by atoms with van der Waals surface area (Å²) in [4.78, 5) is 4.52. The molecule has 1 heterocycles. The number of hydrogen-bond donors (Lipinski definition) is 1. The quantitative estimate of drug-likeness (QED) is 0.875. The highest BCUT2D eigenvalue weighted by molar-refractivity contribution is 5.35. The molecule has 2 aromatic rings. The predicted octanol–water partition coefficient (Wildman–Crippen LogP) is 2.28. The Morgan fingerprint density at radius 1 is 1.35 bits per heavy atom. The number of aromatic amines is 1. The lowest BCUT2D eigenvalue weighted by atomic mass is 10.1. The lowest BCUT2D eigenvalue weighted by Crippen LogP contribution is -1.95. The molecule has 88 valence electrons. The first kappa shape index (κ1) is 10.3. The maximum atomic E-state index is 5.32. The average Bonchev–Trinajstić information content (AvgIpc) is 3.11. The van der Waals surface area contributed by atoms with E-state index in [0.717, 1.165) is 29.4 Å². The van der Waals surface area contributed by atoms with Gasteiger partial charge in [-0.05, 0) is 18.9 Å². The van der Waals surface area contributed by atoms with E-state index in [1.54, 1.807) is 7.11 Å². The van der Waals surface area contributed by atoms with Gasteiger partial charge >= 0.3 is 0 Å². The van der Waals surface area contributed by atoms with Crippen molar-refractivity contribution in [1.29, 1.82) is 0 Å². The largest absolute Gasteiger partial charge is 0.496 e. The first-order valence-corrected chi connectivity index (χ1v) is 5.90. The molecule has 1 aliphatic rings. The van der Waals surface area contributed by atoms with E-state index in [1.165, 1.54) is 12.8 Å². The van der Waals surface area contributed by atoms with E-state index in [-0.39, 0.29) is 0 Å². The molecule has 1 N–H and O–H groups in total. The van der Waals surface area contributed by atoms with Gasteiger partial charge in [-0.15, -0.1) is 0 Å². The van der Waals surface area contributed by atoms with Gasteiger partial charge in [0.2, 0.25) is 0 Å². The van der Waals surface area contributed by atoms with Crippen molar-refractivity contribution in [2.24, 2.45) is 0 Å². The molecule has 0 unspecified atom stereocenters. The van der Waals surface area contributed by atoms with Gasteiger partial charge in [0.05, 0.1) is 7.11 Å². The summed E-state index contributed by atoms with van der Waals surface area (Å²) >= 11 is 0. The van der Waals surface area contributed by atoms with Crippen molar-refractivity contribution in [1.82, 2.24) is 15.2 Å². The van der Waals surface area contributed by atoms with Gasteiger partial charge in [0, 0.05) is 17.9 Å². The molecule has 1 fully saturated rings. The Morgan fingerprint density at radius 3 is 2.94 bits per heavy atom. The number of para-hydroxylation sites is 1. The zero-order valence-corrected chi connectivity index (χ0v) is 9.81. The molecule has 0 atom stereocenters. The number of benzene rings is 1. The number of rotatable bonds is 4. The van der Waals surface area contributed by atoms with Crippen LogP contribution in [0.25, 0.3) is 0 Å². The molecule has 0 amide bonds. The zero-order valence-electron chi connectivity index (χ0n) is 9.81. The second kappa shape index (κ2) is 4.20. The Kier molecular flexibility index (Phi) is 2.55. The number of aromatic nitrogens is 3. The summed E-state index contributed by atoms with van der Waals surface area (Å²) in [6.07, 6.45) is 3.20. The van der Waals surface area contributed by atoms with Crippen LogP contribution in [0.1, 0.15) is 36.0 Å². The second-order valence-electron chi connectivity index (χ2n) is 4.40. The van der Waals surface area contributed by atoms with Crippen molar-refractivity contribution >= 4 is 0 Å². The van der Waals surface area contributed by atoms with Crippen LogP contribution in [-0.2, 0) is 6.42 Å². The normalized spacial score (nSPS) is 14.9. The number of nitrogens with zero attached hydrogens (tertiary/aromatic N) is 2. The Balaban J connectivity index is 1.80. The van der Waals surface area contributed by atoms with Crippen LogP contribution < -0.4 is 4.74 Å². The number of methoxy groups -OCH3 is 1. The van der Waals surface area contributed by atoms with E-state index in [9.17, 15) is 0 Å². The van der Waals surface area contributed by atoms with Gasteiger partial charge in [-0.1, -0.05) is 18.2 Å². The average molecular weight is 229 g/mol. The Morgan fingerprint density at radius 2 is 2.18 bits per heavy atom. The summed E-state index contributed by atoms with van der Waals surface area (Å²) in [5.74, 6) is 3.38. The van der Waals surface area contributed by atoms with Crippen LogP contribution in [0, 0.1) is 0 Å². The van der Waals surface area contributed by atoms with Crippen molar-refractivity contribution < 1.29 is 4.74 Å². The molecule has 1 saturated carbocycles. The molecular weight excluding hydrogens is 214 g/mol. The van der Waals surface area contributed by atoms with Gasteiger partial charge in [-0.25, -0.2) is 4.98 Å². The number of ether oxygens (including phenoxy) is 1. The highest BCUT2D eigenvalue weighted by atomic mass is 16.5. The highest BCUT2D eigenvalue weighted by Crippen LogP contribution is 2.37. The first-order valence-electron chi connectivity index (χ1n) is 5.90. The maximum Gasteiger partial charge on any atom is 0.153 e. The summed E-state index contributed by atoms with van der Waals surface area (Å²) < 4.78 is 5.32. The van der Waals surface area contributed by atoms with E-state index in [0.29, 0.717) is 5.92 Å². The second-order valence-corrected chi connectivity index (χ2v) is 4.40. The lowest BCUT2D eigenvalue weighted by molar-refractivity contribution is 0.410. The summed E-state index contributed by atoms with van der Waals surface area (Å²) in [6, 6.07) is 8.00. The van der Waals surface area contributed by atoms with Crippen LogP contribution in [-0.4, -0.2) is 22.3 Å². The number of H-pyrrole nitrogens is 1. The minimum absolute atomic E-state index is 0.595. The van der Waals surface area contributed by atoms with E-state index in [4.69, 9.17) is 4.74 Å². The summed E-state index contributed by atoms with van der Waals surface area (Å²) in [7, 11) is 1.69. The fraction of sp³-hybridized carbons (Fsp3) is 0.385. The van der Waals surface area contributed by atoms with Gasteiger partial charge < -0.3 is 4.74 Å². The summed E-state index contributed by atoms with van der Waals surface area (Å²) in [5.41, 5.74) is 1.13. The van der Waals surface area contributed by atoms with Gasteiger partial charge in [0.1, 0.15) is 11.6 Å². The number of hydrogen-bond acceptors (Lipinski definition) is 3. The first-order chi connectivity index (χ1) is 8.36. The molecule has 4 nitrogen and oxygen atoms in total. The maximum absolute atomic E-state index is 5.32. The van der Waals surface area contributed by atoms with Crippen LogP contribution in [0.2, 0.25) is 0 Å². The van der Waals surface area contributed by atoms with Crippen molar-refractivity contribution in [3.05, 3.63) is 41.5 Å². The molecule has 1 aliphatic carbocycles. The fourth-order valence-electron chi connectivity index (χ4n) is 1.94. The summed E-state index contributed by atoms with van der Waals surface area (Å²) in [5, 5.41) is 7.26. The third kappa shape index (κ3) is 2.16. The van der Waals surface area contributed by atoms with Crippen LogP contribution in [0.3, 0.4) is 0 Å². The van der Waals surface area contributed by atoms with Crippen molar-refractivity contribution in [2.75, 3.05) is 7.11 Å². The van der Waals surface area contributed by atoms with E-state index < -0.39 is 0 Å². The van der Waals surface area contributed by atoms with Crippen LogP contribution in [0.15, 0.2) is 24.3 Å². The molecule has 0 aliphatic heterocycles. The molecule has 1 aromatic carbocycles. The molecule has 4 heteroatoms. The van der Waals surface area contributed by atoms with Crippen molar-refractivity contribution in [2.45, 2.75) is 25.2 Å². The topological polar surface area (TPSA) is 50.8 Å². The SMILES string of the molecule is COc1ccccc1Cc1nc(C2CC2)n[nH]1. The van der Waals surface area contributed by atoms with Crippen molar-refractivity contribution in [3.63, 3.8) is 0 Å². The van der Waals surface area contributed by atoms with Gasteiger partial charge in [-0.2, -0.15) is 5.10 Å². The fourth-order valence-corrected chi connectivity index (χ4v) is 1.94. The molecule has 0 saturated heterocycles. The minimum atomic E-state index is 0.595. The predicted molar refractivity (Wildman–Crippen MR) is 64.2 cm³/mol. The van der Waals surface area contributed by atoms with E-state index in [1.807, 2.05) is 18.2 Å². The van der Waals surface area contributed by atoms with Crippen LogP contribution in [0.4, 0.5) is 0 Å². The van der Waals surface area contributed by atoms with Gasteiger partial charge in [-0.3, -0.25) is 5.10 Å². The molecule has 0 spiro atoms. The monoisotopic (exact) mass is 229 g/mol. The van der Waals surface area contributed by atoms with Gasteiger partial charge in [0.25, 0.3) is 0 Å². The molecule has 0 bridgehead atoms. The highest BCUT2D eigenvalue weighted by Gasteiger charge is 2.27. The molecule has 0 radical (unpaired) electrons. The molecular formula is C13H15N3O. The van der Waals surface area contributed by atoms with Crippen molar-refractivity contribution in [3.8, 4) is 5.75 Å². The zero-order chi connectivity index (χ0) is 11.7. The van der Waals surface area contributed by atoms with Gasteiger partial charge in [0.15, 0.2) is 5.82 Å². The Hall–Kier alpha value is -1.84. The Labute approximate surface area is 100 Å². The van der Waals surface area contributed by atoms with E-state index >= 15 is 0 Å². The molecule has 1 aromatic heterocycles. The molecule has 3 rings (SSSR count). The molecule has 17 heavy (non-hydrogen) atoms. The third-order valence-electron chi connectivity index (χ3n) is 3.04. The third-order valence-corrected chi connectivity index (χ3v) is 3.04. The standard InChI is InChI=1S/C13H15N3O/c1-17-11-5-3-2-4-10(11)8-12-14-13(16-15-12)9-6-7-9/h2-5,9H,6-8H2,1H3,(H,14,15,16).